The van der Waals surface area contributed by atoms with Crippen molar-refractivity contribution in [3.8, 4) is 0 Å². The highest BCUT2D eigenvalue weighted by atomic mass is 79.9. The van der Waals surface area contributed by atoms with Crippen LogP contribution in [0.2, 0.25) is 5.22 Å². The van der Waals surface area contributed by atoms with Crippen LogP contribution in [0.1, 0.15) is 36.2 Å². The normalized spacial score (nSPS) is 21.3. The molecule has 0 N–H and O–H groups in total. The van der Waals surface area contributed by atoms with Crippen molar-refractivity contribution in [3.05, 3.63) is 23.1 Å². The van der Waals surface area contributed by atoms with Crippen LogP contribution < -0.4 is 0 Å². The molecule has 17 heavy (non-hydrogen) atoms. The summed E-state index contributed by atoms with van der Waals surface area (Å²) < 4.78 is 5.19. The molecule has 1 aromatic heterocycles. The lowest BCUT2D eigenvalue weighted by Crippen LogP contribution is -2.40. The van der Waals surface area contributed by atoms with Crippen molar-refractivity contribution in [2.24, 2.45) is 0 Å². The second kappa shape index (κ2) is 5.91. The first-order chi connectivity index (χ1) is 8.22. The van der Waals surface area contributed by atoms with Crippen LogP contribution in [0.4, 0.5) is 0 Å². The average molecular weight is 321 g/mol. The van der Waals surface area contributed by atoms with Crippen LogP contribution in [0.25, 0.3) is 0 Å². The summed E-state index contributed by atoms with van der Waals surface area (Å²) in [7, 11) is 0. The lowest BCUT2D eigenvalue weighted by Gasteiger charge is -2.27. The number of nitrogens with zero attached hydrogens (tertiary/aromatic N) is 1. The van der Waals surface area contributed by atoms with E-state index in [4.69, 9.17) is 16.0 Å². The van der Waals surface area contributed by atoms with E-state index >= 15 is 0 Å². The Morgan fingerprint density at radius 3 is 2.94 bits per heavy atom. The van der Waals surface area contributed by atoms with E-state index in [9.17, 15) is 4.79 Å². The van der Waals surface area contributed by atoms with Crippen molar-refractivity contribution in [1.82, 2.24) is 4.90 Å². The zero-order valence-corrected chi connectivity index (χ0v) is 11.8. The number of halogens is 2. The zero-order valence-electron chi connectivity index (χ0n) is 9.49. The number of hydrogen-bond acceptors (Lipinski definition) is 2. The summed E-state index contributed by atoms with van der Waals surface area (Å²) in [6, 6.07) is 3.50. The summed E-state index contributed by atoms with van der Waals surface area (Å²) >= 11 is 9.18. The molecule has 0 aliphatic carbocycles. The summed E-state index contributed by atoms with van der Waals surface area (Å²) in [5, 5.41) is 1.08. The van der Waals surface area contributed by atoms with Gasteiger partial charge in [-0.15, -0.1) is 0 Å². The van der Waals surface area contributed by atoms with E-state index in [1.54, 1.807) is 12.1 Å². The molecule has 1 saturated heterocycles. The summed E-state index contributed by atoms with van der Waals surface area (Å²) in [6.07, 6.45) is 4.47. The van der Waals surface area contributed by atoms with Gasteiger partial charge in [-0.05, 0) is 36.6 Å². The predicted octanol–water partition coefficient (Wildman–Crippen LogP) is 3.71. The van der Waals surface area contributed by atoms with Crippen molar-refractivity contribution in [1.29, 1.82) is 0 Å². The molecular weight excluding hydrogens is 305 g/mol. The van der Waals surface area contributed by atoms with E-state index in [0.717, 1.165) is 24.7 Å². The Balaban J connectivity index is 2.15. The van der Waals surface area contributed by atoms with Crippen molar-refractivity contribution in [2.75, 3.05) is 11.9 Å². The second-order valence-corrected chi connectivity index (χ2v) is 5.28. The van der Waals surface area contributed by atoms with E-state index in [1.165, 1.54) is 12.8 Å². The van der Waals surface area contributed by atoms with Gasteiger partial charge in [-0.3, -0.25) is 4.79 Å². The summed E-state index contributed by atoms with van der Waals surface area (Å²) in [4.78, 5) is 14.2. The van der Waals surface area contributed by atoms with Crippen molar-refractivity contribution in [2.45, 2.75) is 31.7 Å². The number of rotatable bonds is 2. The van der Waals surface area contributed by atoms with Crippen LogP contribution in [0.5, 0.6) is 0 Å². The topological polar surface area (TPSA) is 33.5 Å². The number of furan rings is 1. The quantitative estimate of drug-likeness (QED) is 0.778. The van der Waals surface area contributed by atoms with E-state index in [1.807, 2.05) is 4.90 Å². The van der Waals surface area contributed by atoms with Gasteiger partial charge < -0.3 is 9.32 Å². The third-order valence-corrected chi connectivity index (χ3v) is 4.05. The number of hydrogen-bond donors (Lipinski definition) is 0. The van der Waals surface area contributed by atoms with Gasteiger partial charge in [0.2, 0.25) is 0 Å². The molecule has 0 aromatic carbocycles. The molecule has 0 saturated carbocycles. The van der Waals surface area contributed by atoms with Crippen LogP contribution >= 0.6 is 27.5 Å². The molecular formula is C12H15BrClNO2. The van der Waals surface area contributed by atoms with Crippen molar-refractivity contribution >= 4 is 33.4 Å². The van der Waals surface area contributed by atoms with Gasteiger partial charge in [-0.2, -0.15) is 0 Å². The second-order valence-electron chi connectivity index (χ2n) is 4.26. The van der Waals surface area contributed by atoms with Gasteiger partial charge >= 0.3 is 0 Å². The molecule has 5 heteroatoms. The lowest BCUT2D eigenvalue weighted by atomic mass is 10.1. The van der Waals surface area contributed by atoms with Crippen molar-refractivity contribution in [3.63, 3.8) is 0 Å². The van der Waals surface area contributed by atoms with E-state index in [-0.39, 0.29) is 17.2 Å². The molecule has 1 aromatic rings. The Kier molecular flexibility index (Phi) is 4.51. The first-order valence-electron chi connectivity index (χ1n) is 5.84. The Bertz CT molecular complexity index is 394. The minimum atomic E-state index is -0.0525. The lowest BCUT2D eigenvalue weighted by molar-refractivity contribution is 0.0670. The minimum absolute atomic E-state index is 0.0525. The fourth-order valence-electron chi connectivity index (χ4n) is 2.18. The Labute approximate surface area is 114 Å². The molecule has 94 valence electrons. The van der Waals surface area contributed by atoms with Crippen molar-refractivity contribution < 1.29 is 9.21 Å². The monoisotopic (exact) mass is 319 g/mol. The standard InChI is InChI=1S/C12H15BrClNO2/c13-8-9-4-2-1-3-7-15(9)12(16)10-5-6-11(14)17-10/h5-6,9H,1-4,7-8H2. The smallest absolute Gasteiger partial charge is 0.289 e. The van der Waals surface area contributed by atoms with E-state index in [2.05, 4.69) is 15.9 Å². The minimum Gasteiger partial charge on any atom is -0.440 e. The molecule has 2 heterocycles. The number of alkyl halides is 1. The fraction of sp³-hybridized carbons (Fsp3) is 0.583. The molecule has 1 aliphatic heterocycles. The van der Waals surface area contributed by atoms with Crippen LogP contribution in [-0.4, -0.2) is 28.7 Å². The van der Waals surface area contributed by atoms with Crippen LogP contribution in [-0.2, 0) is 0 Å². The summed E-state index contributed by atoms with van der Waals surface area (Å²) in [5.41, 5.74) is 0. The Morgan fingerprint density at radius 2 is 2.29 bits per heavy atom. The van der Waals surface area contributed by atoms with Gasteiger partial charge in [-0.25, -0.2) is 0 Å². The Hall–Kier alpha value is -0.480. The van der Waals surface area contributed by atoms with E-state index in [0.29, 0.717) is 5.76 Å². The third kappa shape index (κ3) is 3.05. The van der Waals surface area contributed by atoms with Gasteiger partial charge in [0.1, 0.15) is 0 Å². The van der Waals surface area contributed by atoms with Crippen LogP contribution in [0.15, 0.2) is 16.5 Å². The highest BCUT2D eigenvalue weighted by Gasteiger charge is 2.27. The Morgan fingerprint density at radius 1 is 1.47 bits per heavy atom. The van der Waals surface area contributed by atoms with Gasteiger partial charge in [0.05, 0.1) is 0 Å². The van der Waals surface area contributed by atoms with Gasteiger partial charge in [0.15, 0.2) is 11.0 Å². The van der Waals surface area contributed by atoms with Gasteiger partial charge in [0.25, 0.3) is 5.91 Å². The molecule has 1 unspecified atom stereocenters. The van der Waals surface area contributed by atoms with Crippen LogP contribution in [0, 0.1) is 0 Å². The molecule has 1 atom stereocenters. The van der Waals surface area contributed by atoms with Gasteiger partial charge in [0, 0.05) is 17.9 Å². The molecule has 3 nitrogen and oxygen atoms in total. The number of likely N-dealkylation sites (tertiary alicyclic amines) is 1. The maximum absolute atomic E-state index is 12.3. The predicted molar refractivity (Wildman–Crippen MR) is 70.8 cm³/mol. The third-order valence-electron chi connectivity index (χ3n) is 3.10. The highest BCUT2D eigenvalue weighted by Crippen LogP contribution is 2.22. The maximum atomic E-state index is 12.3. The summed E-state index contributed by atoms with van der Waals surface area (Å²) in [5.74, 6) is 0.283. The molecule has 0 spiro atoms. The molecule has 1 amide bonds. The maximum Gasteiger partial charge on any atom is 0.289 e. The summed E-state index contributed by atoms with van der Waals surface area (Å²) in [6.45, 7) is 0.799. The molecule has 1 aliphatic rings. The SMILES string of the molecule is O=C(c1ccc(Cl)o1)N1CCCCCC1CBr. The highest BCUT2D eigenvalue weighted by molar-refractivity contribution is 9.09. The first-order valence-corrected chi connectivity index (χ1v) is 7.34. The first kappa shape index (κ1) is 13.0. The number of amides is 1. The zero-order chi connectivity index (χ0) is 12.3. The molecule has 0 radical (unpaired) electrons. The number of carbonyl (C=O) groups excluding carboxylic acids is 1. The largest absolute Gasteiger partial charge is 0.440 e. The molecule has 1 fully saturated rings. The molecule has 2 rings (SSSR count). The number of carbonyl (C=O) groups is 1. The van der Waals surface area contributed by atoms with Gasteiger partial charge in [-0.1, -0.05) is 28.8 Å². The van der Waals surface area contributed by atoms with Crippen LogP contribution in [0.3, 0.4) is 0 Å². The van der Waals surface area contributed by atoms with E-state index < -0.39 is 0 Å². The molecule has 0 bridgehead atoms. The fourth-order valence-corrected chi connectivity index (χ4v) is 3.00. The average Bonchev–Trinajstić information content (AvgIpc) is 2.64.